The van der Waals surface area contributed by atoms with Crippen LogP contribution in [0.25, 0.3) is 0 Å². The molecule has 0 bridgehead atoms. The number of carbonyl (C=O) groups excluding carboxylic acids is 3. The molecular formula is C25H36O6. The van der Waals surface area contributed by atoms with Gasteiger partial charge in [0, 0.05) is 20.3 Å². The summed E-state index contributed by atoms with van der Waals surface area (Å²) in [5, 5.41) is 0. The molecule has 2 atom stereocenters. The van der Waals surface area contributed by atoms with Gasteiger partial charge in [0.25, 0.3) is 0 Å². The summed E-state index contributed by atoms with van der Waals surface area (Å²) in [6.07, 6.45) is 21.9. The lowest BCUT2D eigenvalue weighted by Crippen LogP contribution is -2.31. The molecule has 0 amide bonds. The predicted octanol–water partition coefficient (Wildman–Crippen LogP) is 5.16. The molecule has 0 radical (unpaired) electrons. The molecule has 0 heterocycles. The lowest BCUT2D eigenvalue weighted by Gasteiger charge is -2.21. The number of unbranched alkanes of at least 4 members (excludes halogenated alkanes) is 1. The molecule has 0 unspecified atom stereocenters. The van der Waals surface area contributed by atoms with Crippen LogP contribution in [-0.4, -0.2) is 37.2 Å². The topological polar surface area (TPSA) is 78.9 Å². The molecule has 31 heavy (non-hydrogen) atoms. The van der Waals surface area contributed by atoms with Crippen molar-refractivity contribution in [2.24, 2.45) is 0 Å². The molecule has 6 nitrogen and oxygen atoms in total. The van der Waals surface area contributed by atoms with Gasteiger partial charge in [-0.1, -0.05) is 55.5 Å². The maximum absolute atomic E-state index is 11.5. The minimum Gasteiger partial charge on any atom is -0.469 e. The summed E-state index contributed by atoms with van der Waals surface area (Å²) < 4.78 is 15.3. The summed E-state index contributed by atoms with van der Waals surface area (Å²) in [5.74, 6) is -1.10. The van der Waals surface area contributed by atoms with Crippen molar-refractivity contribution >= 4 is 17.9 Å². The van der Waals surface area contributed by atoms with Gasteiger partial charge in [0.2, 0.25) is 0 Å². The van der Waals surface area contributed by atoms with Crippen molar-refractivity contribution in [1.82, 2.24) is 0 Å². The largest absolute Gasteiger partial charge is 0.469 e. The molecule has 0 aromatic rings. The van der Waals surface area contributed by atoms with Crippen molar-refractivity contribution in [3.05, 3.63) is 60.8 Å². The molecule has 0 N–H and O–H groups in total. The summed E-state index contributed by atoms with van der Waals surface area (Å²) in [5.41, 5.74) is 0. The first-order valence-electron chi connectivity index (χ1n) is 10.6. The zero-order valence-electron chi connectivity index (χ0n) is 19.1. The first-order chi connectivity index (χ1) is 14.9. The molecule has 0 rings (SSSR count). The van der Waals surface area contributed by atoms with E-state index in [-0.39, 0.29) is 5.97 Å². The number of methoxy groups -OCH3 is 1. The van der Waals surface area contributed by atoms with E-state index >= 15 is 0 Å². The minimum atomic E-state index is -0.716. The maximum atomic E-state index is 11.5. The Morgan fingerprint density at radius 3 is 2.00 bits per heavy atom. The van der Waals surface area contributed by atoms with Gasteiger partial charge in [-0.25, -0.2) is 0 Å². The summed E-state index contributed by atoms with van der Waals surface area (Å²) >= 11 is 0. The molecule has 0 aromatic carbocycles. The van der Waals surface area contributed by atoms with Crippen LogP contribution in [0.4, 0.5) is 0 Å². The second-order valence-electron chi connectivity index (χ2n) is 6.68. The number of hydrogen-bond donors (Lipinski definition) is 0. The quantitative estimate of drug-likeness (QED) is 0.117. The molecular weight excluding hydrogens is 396 g/mol. The highest BCUT2D eigenvalue weighted by Crippen LogP contribution is 2.11. The van der Waals surface area contributed by atoms with Crippen molar-refractivity contribution < 1.29 is 28.6 Å². The first-order valence-corrected chi connectivity index (χ1v) is 10.6. The van der Waals surface area contributed by atoms with E-state index in [2.05, 4.69) is 11.7 Å². The van der Waals surface area contributed by atoms with Gasteiger partial charge in [0.1, 0.15) is 0 Å². The molecule has 0 aliphatic rings. The fourth-order valence-electron chi connectivity index (χ4n) is 2.46. The standard InChI is InChI=1S/C25H36O6/c1-5-6-7-12-15-18-23(30-21(2)26)24(31-22(3)27)19-16-13-10-8-9-11-14-17-20-25(28)29-4/h6-7,9-11,13,15-16,18-19,23-24H,5,8,12,14,17,20H2,1-4H3/b7-6-,11-9-,13-10-,18-15-,19-16-/t23-,24+/m0/s1. The normalized spacial score (nSPS) is 14.1. The number of esters is 3. The third-order valence-corrected chi connectivity index (χ3v) is 3.89. The van der Waals surface area contributed by atoms with E-state index in [1.165, 1.54) is 21.0 Å². The van der Waals surface area contributed by atoms with Gasteiger partial charge in [-0.05, 0) is 44.3 Å². The number of ether oxygens (including phenoxy) is 3. The number of carbonyl (C=O) groups is 3. The van der Waals surface area contributed by atoms with Crippen LogP contribution < -0.4 is 0 Å². The average Bonchev–Trinajstić information content (AvgIpc) is 2.72. The highest BCUT2D eigenvalue weighted by atomic mass is 16.6. The Hall–Kier alpha value is -2.89. The van der Waals surface area contributed by atoms with Crippen LogP contribution in [0.3, 0.4) is 0 Å². The van der Waals surface area contributed by atoms with Gasteiger partial charge in [0.05, 0.1) is 7.11 Å². The summed E-state index contributed by atoms with van der Waals surface area (Å²) in [6, 6.07) is 0. The fraction of sp³-hybridized carbons (Fsp3) is 0.480. The van der Waals surface area contributed by atoms with Gasteiger partial charge in [-0.2, -0.15) is 0 Å². The van der Waals surface area contributed by atoms with Crippen molar-refractivity contribution in [3.63, 3.8) is 0 Å². The van der Waals surface area contributed by atoms with E-state index in [4.69, 9.17) is 9.47 Å². The Balaban J connectivity index is 4.79. The number of rotatable bonds is 15. The first kappa shape index (κ1) is 28.1. The van der Waals surface area contributed by atoms with Crippen LogP contribution >= 0.6 is 0 Å². The van der Waals surface area contributed by atoms with Crippen molar-refractivity contribution in [2.45, 2.75) is 71.5 Å². The van der Waals surface area contributed by atoms with Crippen molar-refractivity contribution in [3.8, 4) is 0 Å². The lowest BCUT2D eigenvalue weighted by molar-refractivity contribution is -0.158. The van der Waals surface area contributed by atoms with Gasteiger partial charge in [-0.3, -0.25) is 14.4 Å². The van der Waals surface area contributed by atoms with Crippen LogP contribution in [0.15, 0.2) is 60.8 Å². The highest BCUT2D eigenvalue weighted by Gasteiger charge is 2.22. The predicted molar refractivity (Wildman–Crippen MR) is 122 cm³/mol. The van der Waals surface area contributed by atoms with Gasteiger partial charge >= 0.3 is 17.9 Å². The van der Waals surface area contributed by atoms with E-state index < -0.39 is 24.1 Å². The van der Waals surface area contributed by atoms with Crippen LogP contribution in [0.2, 0.25) is 0 Å². The Morgan fingerprint density at radius 2 is 1.39 bits per heavy atom. The number of hydrogen-bond acceptors (Lipinski definition) is 6. The van der Waals surface area contributed by atoms with Crippen molar-refractivity contribution in [2.75, 3.05) is 7.11 Å². The third-order valence-electron chi connectivity index (χ3n) is 3.89. The van der Waals surface area contributed by atoms with E-state index in [1.807, 2.05) is 42.5 Å². The van der Waals surface area contributed by atoms with E-state index in [1.54, 1.807) is 18.2 Å². The molecule has 6 heteroatoms. The second-order valence-corrected chi connectivity index (χ2v) is 6.68. The maximum Gasteiger partial charge on any atom is 0.305 e. The van der Waals surface area contributed by atoms with Gasteiger partial charge < -0.3 is 14.2 Å². The minimum absolute atomic E-state index is 0.194. The molecule has 0 aromatic heterocycles. The highest BCUT2D eigenvalue weighted by molar-refractivity contribution is 5.69. The van der Waals surface area contributed by atoms with Crippen LogP contribution in [0, 0.1) is 0 Å². The monoisotopic (exact) mass is 432 g/mol. The van der Waals surface area contributed by atoms with E-state index in [0.29, 0.717) is 12.8 Å². The van der Waals surface area contributed by atoms with E-state index in [9.17, 15) is 14.4 Å². The van der Waals surface area contributed by atoms with Crippen LogP contribution in [0.5, 0.6) is 0 Å². The third kappa shape index (κ3) is 17.7. The fourth-order valence-corrected chi connectivity index (χ4v) is 2.46. The Labute approximate surface area is 186 Å². The Morgan fingerprint density at radius 1 is 0.774 bits per heavy atom. The smallest absolute Gasteiger partial charge is 0.305 e. The number of allylic oxidation sites excluding steroid dienone is 8. The molecule has 0 aliphatic heterocycles. The summed E-state index contributed by atoms with van der Waals surface area (Å²) in [6.45, 7) is 4.70. The molecule has 0 aliphatic carbocycles. The van der Waals surface area contributed by atoms with Crippen LogP contribution in [-0.2, 0) is 28.6 Å². The molecule has 0 saturated heterocycles. The summed E-state index contributed by atoms with van der Waals surface area (Å²) in [4.78, 5) is 34.0. The van der Waals surface area contributed by atoms with Crippen molar-refractivity contribution in [1.29, 1.82) is 0 Å². The van der Waals surface area contributed by atoms with Gasteiger partial charge in [-0.15, -0.1) is 0 Å². The van der Waals surface area contributed by atoms with Crippen LogP contribution in [0.1, 0.15) is 59.3 Å². The molecule has 0 fully saturated rings. The molecule has 0 saturated carbocycles. The molecule has 0 spiro atoms. The zero-order valence-corrected chi connectivity index (χ0v) is 19.1. The summed E-state index contributed by atoms with van der Waals surface area (Å²) in [7, 11) is 1.39. The van der Waals surface area contributed by atoms with E-state index in [0.717, 1.165) is 25.7 Å². The SMILES string of the molecule is CC/C=C\C/C=C\[C@H](OC(C)=O)[C@@H](/C=C\C=C/C/C=C\CCCC(=O)OC)OC(C)=O. The Kier molecular flexibility index (Phi) is 17.3. The molecule has 172 valence electrons. The second kappa shape index (κ2) is 19.1. The zero-order chi connectivity index (χ0) is 23.3. The lowest BCUT2D eigenvalue weighted by atomic mass is 10.1. The Bertz CT molecular complexity index is 669. The average molecular weight is 433 g/mol. The van der Waals surface area contributed by atoms with Gasteiger partial charge in [0.15, 0.2) is 12.2 Å².